The first-order chi connectivity index (χ1) is 13.4. The summed E-state index contributed by atoms with van der Waals surface area (Å²) in [7, 11) is 0. The van der Waals surface area contributed by atoms with Crippen molar-refractivity contribution in [3.05, 3.63) is 68.5 Å². The molecule has 0 bridgehead atoms. The quantitative estimate of drug-likeness (QED) is 0.580. The van der Waals surface area contributed by atoms with Crippen molar-refractivity contribution in [1.82, 2.24) is 9.13 Å². The molecule has 9 nitrogen and oxygen atoms in total. The Morgan fingerprint density at radius 2 is 1.96 bits per heavy atom. The highest BCUT2D eigenvalue weighted by molar-refractivity contribution is 5.13. The van der Waals surface area contributed by atoms with Gasteiger partial charge >= 0.3 is 5.69 Å². The molecule has 0 spiro atoms. The summed E-state index contributed by atoms with van der Waals surface area (Å²) in [6.07, 6.45) is -0.719. The lowest BCUT2D eigenvalue weighted by molar-refractivity contribution is -0.101. The van der Waals surface area contributed by atoms with Crippen LogP contribution < -0.4 is 11.2 Å². The third-order valence-electron chi connectivity index (χ3n) is 4.90. The highest BCUT2D eigenvalue weighted by Gasteiger charge is 2.47. The van der Waals surface area contributed by atoms with Crippen LogP contribution in [0, 0.1) is 6.92 Å². The molecule has 9 heteroatoms. The number of rotatable bonds is 7. The average Bonchev–Trinajstić information content (AvgIpc) is 3.05. The van der Waals surface area contributed by atoms with Gasteiger partial charge in [0.05, 0.1) is 19.8 Å². The maximum Gasteiger partial charge on any atom is 0.335 e. The Kier molecular flexibility index (Phi) is 6.11. The SMILES string of the molecule is Cc1cn([C@H]2C[C@@](O)(CO)[C@@H](CO)O2)c(=O)n(COCc2ccccc2)c1=O. The molecule has 3 rings (SSSR count). The lowest BCUT2D eigenvalue weighted by Crippen LogP contribution is -2.44. The van der Waals surface area contributed by atoms with Crippen LogP contribution >= 0.6 is 0 Å². The van der Waals surface area contributed by atoms with E-state index < -0.39 is 42.4 Å². The largest absolute Gasteiger partial charge is 0.394 e. The highest BCUT2D eigenvalue weighted by Crippen LogP contribution is 2.35. The maximum absolute atomic E-state index is 12.8. The molecule has 3 atom stereocenters. The van der Waals surface area contributed by atoms with E-state index in [9.17, 15) is 24.9 Å². The van der Waals surface area contributed by atoms with Crippen LogP contribution in [-0.2, 0) is 22.8 Å². The molecule has 3 N–H and O–H groups in total. The molecule has 1 aliphatic rings. The molecule has 1 aliphatic heterocycles. The first kappa shape index (κ1) is 20.4. The second kappa shape index (κ2) is 8.38. The third kappa shape index (κ3) is 3.94. The van der Waals surface area contributed by atoms with Crippen LogP contribution in [0.15, 0.2) is 46.1 Å². The standard InChI is InChI=1S/C19H24N2O7/c1-13-8-20(16-7-19(26,11-23)15(9-22)28-16)18(25)21(17(13)24)12-27-10-14-5-3-2-4-6-14/h2-6,8,15-16,22-23,26H,7,9-12H2,1H3/t15-,16-,19-/m1/s1. The molecule has 1 fully saturated rings. The van der Waals surface area contributed by atoms with Gasteiger partial charge in [0.25, 0.3) is 5.56 Å². The van der Waals surface area contributed by atoms with Crippen LogP contribution in [0.4, 0.5) is 0 Å². The second-order valence-electron chi connectivity index (χ2n) is 6.93. The van der Waals surface area contributed by atoms with Gasteiger partial charge in [0.1, 0.15) is 24.7 Å². The minimum absolute atomic E-state index is 0.100. The predicted octanol–water partition coefficient (Wildman–Crippen LogP) is -0.504. The summed E-state index contributed by atoms with van der Waals surface area (Å²) < 4.78 is 13.2. The van der Waals surface area contributed by atoms with Crippen LogP contribution in [0.1, 0.15) is 23.8 Å². The van der Waals surface area contributed by atoms with Crippen molar-refractivity contribution >= 4 is 0 Å². The molecule has 0 saturated carbocycles. The summed E-state index contributed by atoms with van der Waals surface area (Å²) in [5.74, 6) is 0. The van der Waals surface area contributed by atoms with E-state index in [-0.39, 0.29) is 19.8 Å². The average molecular weight is 392 g/mol. The van der Waals surface area contributed by atoms with Crippen LogP contribution in [0.2, 0.25) is 0 Å². The van der Waals surface area contributed by atoms with Gasteiger partial charge in [-0.2, -0.15) is 0 Å². The zero-order chi connectivity index (χ0) is 20.3. The summed E-state index contributed by atoms with van der Waals surface area (Å²) >= 11 is 0. The number of aliphatic hydroxyl groups excluding tert-OH is 2. The Morgan fingerprint density at radius 3 is 2.57 bits per heavy atom. The zero-order valence-electron chi connectivity index (χ0n) is 15.5. The first-order valence-electron chi connectivity index (χ1n) is 8.93. The van der Waals surface area contributed by atoms with Crippen LogP contribution in [0.5, 0.6) is 0 Å². The topological polar surface area (TPSA) is 123 Å². The van der Waals surface area contributed by atoms with Crippen molar-refractivity contribution in [2.75, 3.05) is 13.2 Å². The van der Waals surface area contributed by atoms with Crippen LogP contribution in [0.3, 0.4) is 0 Å². The predicted molar refractivity (Wildman–Crippen MR) is 98.6 cm³/mol. The minimum Gasteiger partial charge on any atom is -0.394 e. The first-order valence-corrected chi connectivity index (χ1v) is 8.93. The Hall–Kier alpha value is -2.30. The van der Waals surface area contributed by atoms with E-state index in [0.29, 0.717) is 5.56 Å². The smallest absolute Gasteiger partial charge is 0.335 e. The number of hydrogen-bond donors (Lipinski definition) is 3. The molecule has 0 amide bonds. The normalized spacial score (nSPS) is 24.6. The Bertz CT molecular complexity index is 924. The third-order valence-corrected chi connectivity index (χ3v) is 4.90. The molecule has 2 aromatic rings. The second-order valence-corrected chi connectivity index (χ2v) is 6.93. The summed E-state index contributed by atoms with van der Waals surface area (Å²) in [5, 5.41) is 29.2. The van der Waals surface area contributed by atoms with E-state index in [0.717, 1.165) is 10.1 Å². The molecular weight excluding hydrogens is 368 g/mol. The minimum atomic E-state index is -1.67. The lowest BCUT2D eigenvalue weighted by Gasteiger charge is -2.23. The van der Waals surface area contributed by atoms with Crippen molar-refractivity contribution in [1.29, 1.82) is 0 Å². The molecule has 0 aliphatic carbocycles. The maximum atomic E-state index is 12.8. The van der Waals surface area contributed by atoms with Gasteiger partial charge in [0, 0.05) is 18.2 Å². The van der Waals surface area contributed by atoms with Crippen molar-refractivity contribution < 1.29 is 24.8 Å². The van der Waals surface area contributed by atoms with E-state index in [1.54, 1.807) is 6.92 Å². The molecule has 1 saturated heterocycles. The van der Waals surface area contributed by atoms with Gasteiger partial charge in [-0.05, 0) is 12.5 Å². The van der Waals surface area contributed by atoms with Crippen molar-refractivity contribution in [2.45, 2.75) is 44.6 Å². The number of aliphatic hydroxyl groups is 3. The number of nitrogens with zero attached hydrogens (tertiary/aromatic N) is 2. The summed E-state index contributed by atoms with van der Waals surface area (Å²) in [4.78, 5) is 25.2. The van der Waals surface area contributed by atoms with Gasteiger partial charge in [-0.1, -0.05) is 30.3 Å². The number of benzene rings is 1. The van der Waals surface area contributed by atoms with Crippen LogP contribution in [0.25, 0.3) is 0 Å². The van der Waals surface area contributed by atoms with Gasteiger partial charge in [-0.15, -0.1) is 0 Å². The fraction of sp³-hybridized carbons (Fsp3) is 0.474. The zero-order valence-corrected chi connectivity index (χ0v) is 15.5. The van der Waals surface area contributed by atoms with Gasteiger partial charge in [0.2, 0.25) is 0 Å². The summed E-state index contributed by atoms with van der Waals surface area (Å²) in [6, 6.07) is 9.34. The fourth-order valence-electron chi connectivity index (χ4n) is 3.25. The Balaban J connectivity index is 1.84. The molecule has 1 aromatic heterocycles. The molecule has 1 aromatic carbocycles. The van der Waals surface area contributed by atoms with Crippen molar-refractivity contribution in [3.8, 4) is 0 Å². The van der Waals surface area contributed by atoms with E-state index in [2.05, 4.69) is 0 Å². The highest BCUT2D eigenvalue weighted by atomic mass is 16.6. The lowest BCUT2D eigenvalue weighted by atomic mass is 9.96. The van der Waals surface area contributed by atoms with E-state index in [1.165, 1.54) is 10.8 Å². The van der Waals surface area contributed by atoms with E-state index in [4.69, 9.17) is 9.47 Å². The Labute approximate surface area is 161 Å². The van der Waals surface area contributed by atoms with Gasteiger partial charge in [0.15, 0.2) is 0 Å². The van der Waals surface area contributed by atoms with Gasteiger partial charge in [-0.3, -0.25) is 9.36 Å². The fourth-order valence-corrected chi connectivity index (χ4v) is 3.25. The summed E-state index contributed by atoms with van der Waals surface area (Å²) in [6.45, 7) is 0.415. The number of aryl methyl sites for hydroxylation is 1. The monoisotopic (exact) mass is 392 g/mol. The number of aromatic nitrogens is 2. The summed E-state index contributed by atoms with van der Waals surface area (Å²) in [5.41, 5.74) is -1.61. The van der Waals surface area contributed by atoms with Crippen LogP contribution in [-0.4, -0.2) is 49.4 Å². The van der Waals surface area contributed by atoms with E-state index in [1.807, 2.05) is 30.3 Å². The molecule has 0 radical (unpaired) electrons. The van der Waals surface area contributed by atoms with Gasteiger partial charge in [-0.25, -0.2) is 9.36 Å². The molecule has 152 valence electrons. The molecule has 2 heterocycles. The molecule has 28 heavy (non-hydrogen) atoms. The molecule has 0 unspecified atom stereocenters. The number of ether oxygens (including phenoxy) is 2. The van der Waals surface area contributed by atoms with Gasteiger partial charge < -0.3 is 24.8 Å². The van der Waals surface area contributed by atoms with Crippen molar-refractivity contribution in [3.63, 3.8) is 0 Å². The van der Waals surface area contributed by atoms with E-state index >= 15 is 0 Å². The number of hydrogen-bond acceptors (Lipinski definition) is 7. The Morgan fingerprint density at radius 1 is 1.25 bits per heavy atom. The van der Waals surface area contributed by atoms with Crippen molar-refractivity contribution in [2.24, 2.45) is 0 Å². The molecular formula is C19H24N2O7.